The number of nitrogens with zero attached hydrogens (tertiary/aromatic N) is 1. The van der Waals surface area contributed by atoms with E-state index in [1.807, 2.05) is 67.5 Å². The van der Waals surface area contributed by atoms with Crippen molar-refractivity contribution in [2.24, 2.45) is 5.92 Å². The Kier molecular flexibility index (Phi) is 24.0. The Morgan fingerprint density at radius 2 is 1.13 bits per heavy atom. The van der Waals surface area contributed by atoms with Gasteiger partial charge in [0.2, 0.25) is 0 Å². The van der Waals surface area contributed by atoms with Crippen LogP contribution in [-0.2, 0) is 0 Å². The van der Waals surface area contributed by atoms with Crippen molar-refractivity contribution < 1.29 is 0 Å². The van der Waals surface area contributed by atoms with Gasteiger partial charge in [-0.25, -0.2) is 0 Å². The number of nitriles is 1. The van der Waals surface area contributed by atoms with E-state index in [0.29, 0.717) is 0 Å². The number of rotatable bonds is 1. The zero-order valence-corrected chi connectivity index (χ0v) is 17.2. The molecule has 1 saturated carbocycles. The first-order chi connectivity index (χ1) is 11.3. The number of hydrogen-bond donors (Lipinski definition) is 0. The second kappa shape index (κ2) is 20.7. The lowest BCUT2D eigenvalue weighted by Gasteiger charge is -2.26. The van der Waals surface area contributed by atoms with Crippen LogP contribution in [0.2, 0.25) is 0 Å². The highest BCUT2D eigenvalue weighted by Gasteiger charge is 2.19. The average molecular weight is 320 g/mol. The van der Waals surface area contributed by atoms with Gasteiger partial charge in [-0.2, -0.15) is 5.26 Å². The fraction of sp³-hybridized carbons (Fsp3) is 0.682. The highest BCUT2D eigenvalue weighted by atomic mass is 14.3. The molecule has 0 aromatic heterocycles. The molecule has 0 amide bonds. The van der Waals surface area contributed by atoms with Gasteiger partial charge in [0.05, 0.1) is 11.6 Å². The number of hydrogen-bond acceptors (Lipinski definition) is 1. The number of benzene rings is 1. The summed E-state index contributed by atoms with van der Waals surface area (Å²) in [5.74, 6) is 1.63. The molecule has 2 rings (SSSR count). The van der Waals surface area contributed by atoms with Crippen LogP contribution in [0.15, 0.2) is 24.3 Å². The van der Waals surface area contributed by atoms with Gasteiger partial charge < -0.3 is 0 Å². The second-order valence-corrected chi connectivity index (χ2v) is 4.69. The van der Waals surface area contributed by atoms with Crippen LogP contribution in [0.1, 0.15) is 105 Å². The van der Waals surface area contributed by atoms with Crippen LogP contribution in [0.3, 0.4) is 0 Å². The molecule has 0 unspecified atom stereocenters. The summed E-state index contributed by atoms with van der Waals surface area (Å²) >= 11 is 0. The van der Waals surface area contributed by atoms with E-state index in [4.69, 9.17) is 5.26 Å². The van der Waals surface area contributed by atoms with Crippen LogP contribution >= 0.6 is 0 Å². The normalized spacial score (nSPS) is 17.9. The van der Waals surface area contributed by atoms with E-state index in [0.717, 1.165) is 17.4 Å². The van der Waals surface area contributed by atoms with Gasteiger partial charge in [0.1, 0.15) is 0 Å². The van der Waals surface area contributed by atoms with Crippen LogP contribution < -0.4 is 0 Å². The SMILES string of the molecule is CC.CC.CC.CC.CC1CCC(c2ccc(C#N)cc2)CC1. The van der Waals surface area contributed by atoms with Crippen molar-refractivity contribution in [1.82, 2.24) is 0 Å². The van der Waals surface area contributed by atoms with E-state index in [-0.39, 0.29) is 0 Å². The standard InChI is InChI=1S/C14H17N.4C2H6/c1-11-2-6-13(7-3-11)14-8-4-12(10-15)5-9-14;4*1-2/h4-5,8-9,11,13H,2-3,6-7H2,1H3;4*1-2H3. The van der Waals surface area contributed by atoms with Crippen LogP contribution in [0.4, 0.5) is 0 Å². The van der Waals surface area contributed by atoms with E-state index in [2.05, 4.69) is 25.1 Å². The molecule has 1 fully saturated rings. The van der Waals surface area contributed by atoms with Crippen molar-refractivity contribution in [1.29, 1.82) is 5.26 Å². The summed E-state index contributed by atoms with van der Waals surface area (Å²) in [6.45, 7) is 18.3. The minimum absolute atomic E-state index is 0.731. The average Bonchev–Trinajstić information content (AvgIpc) is 2.69. The first kappa shape index (κ1) is 26.6. The molecule has 1 aliphatic rings. The predicted octanol–water partition coefficient (Wildman–Crippen LogP) is 7.96. The minimum atomic E-state index is 0.731. The largest absolute Gasteiger partial charge is 0.192 e. The van der Waals surface area contributed by atoms with Crippen molar-refractivity contribution >= 4 is 0 Å². The second-order valence-electron chi connectivity index (χ2n) is 4.69. The van der Waals surface area contributed by atoms with Gasteiger partial charge in [-0.05, 0) is 42.4 Å². The molecule has 1 aromatic carbocycles. The summed E-state index contributed by atoms with van der Waals surface area (Å²) in [4.78, 5) is 0. The Morgan fingerprint density at radius 1 is 0.739 bits per heavy atom. The van der Waals surface area contributed by atoms with Crippen molar-refractivity contribution in [3.63, 3.8) is 0 Å². The fourth-order valence-electron chi connectivity index (χ4n) is 2.42. The molecule has 0 atom stereocenters. The zero-order chi connectivity index (χ0) is 18.7. The quantitative estimate of drug-likeness (QED) is 0.515. The van der Waals surface area contributed by atoms with Crippen LogP contribution in [0.5, 0.6) is 0 Å². The van der Waals surface area contributed by atoms with Gasteiger partial charge in [-0.1, -0.05) is 87.3 Å². The summed E-state index contributed by atoms with van der Waals surface area (Å²) in [5, 5.41) is 8.72. The molecule has 1 nitrogen and oxygen atoms in total. The lowest BCUT2D eigenvalue weighted by molar-refractivity contribution is 0.348. The summed E-state index contributed by atoms with van der Waals surface area (Å²) in [5.41, 5.74) is 2.18. The highest BCUT2D eigenvalue weighted by Crippen LogP contribution is 2.35. The van der Waals surface area contributed by atoms with Gasteiger partial charge in [0.25, 0.3) is 0 Å². The smallest absolute Gasteiger partial charge is 0.0991 e. The Balaban J connectivity index is -0.000000438. The Hall–Kier alpha value is -1.29. The van der Waals surface area contributed by atoms with Crippen molar-refractivity contribution in [2.45, 2.75) is 93.9 Å². The van der Waals surface area contributed by atoms with Gasteiger partial charge in [0.15, 0.2) is 0 Å². The highest BCUT2D eigenvalue weighted by molar-refractivity contribution is 5.33. The molecular formula is C22H41N. The van der Waals surface area contributed by atoms with E-state index in [1.54, 1.807) is 0 Å². The third-order valence-electron chi connectivity index (χ3n) is 3.53. The van der Waals surface area contributed by atoms with Gasteiger partial charge in [-0.15, -0.1) is 0 Å². The van der Waals surface area contributed by atoms with Gasteiger partial charge in [-0.3, -0.25) is 0 Å². The maximum Gasteiger partial charge on any atom is 0.0991 e. The molecule has 0 aliphatic heterocycles. The maximum absolute atomic E-state index is 8.72. The zero-order valence-electron chi connectivity index (χ0n) is 17.2. The molecule has 1 aliphatic carbocycles. The van der Waals surface area contributed by atoms with E-state index < -0.39 is 0 Å². The van der Waals surface area contributed by atoms with E-state index >= 15 is 0 Å². The maximum atomic E-state index is 8.72. The molecule has 0 spiro atoms. The molecule has 0 N–H and O–H groups in total. The minimum Gasteiger partial charge on any atom is -0.192 e. The Morgan fingerprint density at radius 3 is 1.48 bits per heavy atom. The first-order valence-electron chi connectivity index (χ1n) is 9.79. The third-order valence-corrected chi connectivity index (χ3v) is 3.53. The molecule has 0 radical (unpaired) electrons. The summed E-state index contributed by atoms with van der Waals surface area (Å²) in [6.07, 6.45) is 5.33. The molecule has 0 heterocycles. The van der Waals surface area contributed by atoms with Crippen molar-refractivity contribution in [2.75, 3.05) is 0 Å². The van der Waals surface area contributed by atoms with Crippen molar-refractivity contribution in [3.05, 3.63) is 35.4 Å². The van der Waals surface area contributed by atoms with E-state index in [9.17, 15) is 0 Å². The monoisotopic (exact) mass is 319 g/mol. The van der Waals surface area contributed by atoms with Gasteiger partial charge >= 0.3 is 0 Å². The molecular weight excluding hydrogens is 278 g/mol. The van der Waals surface area contributed by atoms with Crippen LogP contribution in [0, 0.1) is 17.2 Å². The lowest BCUT2D eigenvalue weighted by Crippen LogP contribution is -2.10. The molecule has 0 saturated heterocycles. The molecule has 1 aromatic rings. The summed E-state index contributed by atoms with van der Waals surface area (Å²) in [7, 11) is 0. The lowest BCUT2D eigenvalue weighted by atomic mass is 9.79. The van der Waals surface area contributed by atoms with Gasteiger partial charge in [0, 0.05) is 0 Å². The fourth-order valence-corrected chi connectivity index (χ4v) is 2.42. The molecule has 134 valence electrons. The molecule has 0 bridgehead atoms. The Bertz CT molecular complexity index is 351. The van der Waals surface area contributed by atoms with E-state index in [1.165, 1.54) is 31.2 Å². The summed E-state index contributed by atoms with van der Waals surface area (Å²) in [6, 6.07) is 10.3. The predicted molar refractivity (Wildman–Crippen MR) is 107 cm³/mol. The van der Waals surface area contributed by atoms with Crippen molar-refractivity contribution in [3.8, 4) is 6.07 Å². The first-order valence-corrected chi connectivity index (χ1v) is 9.79. The summed E-state index contributed by atoms with van der Waals surface area (Å²) < 4.78 is 0. The van der Waals surface area contributed by atoms with Crippen LogP contribution in [0.25, 0.3) is 0 Å². The third kappa shape index (κ3) is 11.9. The molecule has 1 heteroatoms. The Labute approximate surface area is 147 Å². The topological polar surface area (TPSA) is 23.8 Å². The van der Waals surface area contributed by atoms with Crippen LogP contribution in [-0.4, -0.2) is 0 Å². The molecule has 23 heavy (non-hydrogen) atoms.